The van der Waals surface area contributed by atoms with E-state index in [1.54, 1.807) is 6.20 Å². The average Bonchev–Trinajstić information content (AvgIpc) is 2.56. The van der Waals surface area contributed by atoms with Crippen LogP contribution in [0.25, 0.3) is 0 Å². The van der Waals surface area contributed by atoms with E-state index < -0.39 is 5.91 Å². The lowest BCUT2D eigenvalue weighted by molar-refractivity contribution is 0.0995. The highest BCUT2D eigenvalue weighted by atomic mass is 16.1. The van der Waals surface area contributed by atoms with Crippen molar-refractivity contribution >= 4 is 11.9 Å². The fourth-order valence-corrected chi connectivity index (χ4v) is 2.59. The van der Waals surface area contributed by atoms with Crippen LogP contribution in [0.15, 0.2) is 42.6 Å². The summed E-state index contributed by atoms with van der Waals surface area (Å²) in [5.41, 5.74) is 6.85. The predicted molar refractivity (Wildman–Crippen MR) is 84.5 cm³/mol. The number of hydrogen-bond acceptors (Lipinski definition) is 5. The van der Waals surface area contributed by atoms with Crippen LogP contribution in [0.5, 0.6) is 0 Å². The standard InChI is InChI=1S/C16H19N5O/c17-15(22)14-6-7-18-16(19-14)21-10-8-20(9-11-21)12-13-4-2-1-3-5-13/h1-7H,8-12H2,(H2,17,22). The molecule has 6 heteroatoms. The molecule has 22 heavy (non-hydrogen) atoms. The zero-order chi connectivity index (χ0) is 15.4. The number of rotatable bonds is 4. The maximum absolute atomic E-state index is 11.2. The zero-order valence-corrected chi connectivity index (χ0v) is 12.4. The van der Waals surface area contributed by atoms with E-state index in [-0.39, 0.29) is 5.69 Å². The molecule has 2 heterocycles. The Morgan fingerprint density at radius 2 is 1.82 bits per heavy atom. The molecule has 1 amide bonds. The van der Waals surface area contributed by atoms with E-state index in [1.165, 1.54) is 11.6 Å². The molecule has 1 fully saturated rings. The highest BCUT2D eigenvalue weighted by molar-refractivity contribution is 5.90. The van der Waals surface area contributed by atoms with E-state index in [0.29, 0.717) is 5.95 Å². The van der Waals surface area contributed by atoms with Crippen molar-refractivity contribution in [3.8, 4) is 0 Å². The lowest BCUT2D eigenvalue weighted by Gasteiger charge is -2.34. The Kier molecular flexibility index (Phi) is 4.29. The summed E-state index contributed by atoms with van der Waals surface area (Å²) in [7, 11) is 0. The normalized spacial score (nSPS) is 15.7. The van der Waals surface area contributed by atoms with Gasteiger partial charge in [0, 0.05) is 38.9 Å². The number of carbonyl (C=O) groups excluding carboxylic acids is 1. The van der Waals surface area contributed by atoms with Crippen LogP contribution in [0, 0.1) is 0 Å². The smallest absolute Gasteiger partial charge is 0.267 e. The molecule has 0 bridgehead atoms. The van der Waals surface area contributed by atoms with Crippen molar-refractivity contribution in [1.82, 2.24) is 14.9 Å². The topological polar surface area (TPSA) is 75.4 Å². The minimum Gasteiger partial charge on any atom is -0.364 e. The molecule has 0 atom stereocenters. The molecule has 1 aromatic heterocycles. The molecule has 1 aliphatic rings. The number of hydrogen-bond donors (Lipinski definition) is 1. The van der Waals surface area contributed by atoms with Gasteiger partial charge in [-0.15, -0.1) is 0 Å². The summed E-state index contributed by atoms with van der Waals surface area (Å²) >= 11 is 0. The molecule has 114 valence electrons. The Bertz CT molecular complexity index is 638. The Morgan fingerprint density at radius 1 is 1.09 bits per heavy atom. The van der Waals surface area contributed by atoms with E-state index >= 15 is 0 Å². The third kappa shape index (κ3) is 3.40. The van der Waals surface area contributed by atoms with Gasteiger partial charge in [-0.05, 0) is 11.6 Å². The summed E-state index contributed by atoms with van der Waals surface area (Å²) in [5, 5.41) is 0. The number of benzene rings is 1. The first-order valence-corrected chi connectivity index (χ1v) is 7.36. The first-order chi connectivity index (χ1) is 10.7. The molecule has 0 aliphatic carbocycles. The second-order valence-corrected chi connectivity index (χ2v) is 5.35. The molecule has 0 spiro atoms. The van der Waals surface area contributed by atoms with Crippen molar-refractivity contribution in [3.63, 3.8) is 0 Å². The van der Waals surface area contributed by atoms with E-state index in [4.69, 9.17) is 5.73 Å². The van der Waals surface area contributed by atoms with Gasteiger partial charge < -0.3 is 10.6 Å². The minimum atomic E-state index is -0.522. The van der Waals surface area contributed by atoms with Crippen molar-refractivity contribution in [2.75, 3.05) is 31.1 Å². The molecule has 0 saturated carbocycles. The molecule has 0 unspecified atom stereocenters. The number of piperazine rings is 1. The molecule has 6 nitrogen and oxygen atoms in total. The van der Waals surface area contributed by atoms with Gasteiger partial charge in [-0.1, -0.05) is 30.3 Å². The largest absolute Gasteiger partial charge is 0.364 e. The fraction of sp³-hybridized carbons (Fsp3) is 0.312. The lowest BCUT2D eigenvalue weighted by Crippen LogP contribution is -2.46. The van der Waals surface area contributed by atoms with Gasteiger partial charge in [0.1, 0.15) is 5.69 Å². The zero-order valence-electron chi connectivity index (χ0n) is 12.4. The van der Waals surface area contributed by atoms with Crippen LogP contribution in [0.1, 0.15) is 16.1 Å². The number of primary amides is 1. The van der Waals surface area contributed by atoms with Crippen molar-refractivity contribution in [3.05, 3.63) is 53.9 Å². The Morgan fingerprint density at radius 3 is 2.50 bits per heavy atom. The van der Waals surface area contributed by atoms with E-state index in [1.807, 2.05) is 6.07 Å². The van der Waals surface area contributed by atoms with Crippen LogP contribution in [0.3, 0.4) is 0 Å². The maximum Gasteiger partial charge on any atom is 0.267 e. The predicted octanol–water partition coefficient (Wildman–Crippen LogP) is 0.898. The summed E-state index contributed by atoms with van der Waals surface area (Å²) in [4.78, 5) is 24.2. The summed E-state index contributed by atoms with van der Waals surface area (Å²) in [6.45, 7) is 4.53. The molecule has 1 aromatic carbocycles. The molecule has 1 saturated heterocycles. The number of anilines is 1. The second-order valence-electron chi connectivity index (χ2n) is 5.35. The van der Waals surface area contributed by atoms with Crippen molar-refractivity contribution in [1.29, 1.82) is 0 Å². The average molecular weight is 297 g/mol. The van der Waals surface area contributed by atoms with E-state index in [0.717, 1.165) is 32.7 Å². The SMILES string of the molecule is NC(=O)c1ccnc(N2CCN(Cc3ccccc3)CC2)n1. The summed E-state index contributed by atoms with van der Waals surface area (Å²) in [6, 6.07) is 12.0. The number of carbonyl (C=O) groups is 1. The Hall–Kier alpha value is -2.47. The van der Waals surface area contributed by atoms with Gasteiger partial charge in [0.05, 0.1) is 0 Å². The summed E-state index contributed by atoms with van der Waals surface area (Å²) < 4.78 is 0. The van der Waals surface area contributed by atoms with Crippen molar-refractivity contribution < 1.29 is 4.79 Å². The quantitative estimate of drug-likeness (QED) is 0.907. The molecule has 1 aliphatic heterocycles. The molecule has 2 N–H and O–H groups in total. The van der Waals surface area contributed by atoms with Crippen LogP contribution in [-0.4, -0.2) is 47.0 Å². The maximum atomic E-state index is 11.2. The van der Waals surface area contributed by atoms with Crippen LogP contribution in [0.2, 0.25) is 0 Å². The first kappa shape index (κ1) is 14.5. The number of amides is 1. The first-order valence-electron chi connectivity index (χ1n) is 7.36. The summed E-state index contributed by atoms with van der Waals surface area (Å²) in [6.07, 6.45) is 1.58. The van der Waals surface area contributed by atoms with Gasteiger partial charge >= 0.3 is 0 Å². The Balaban J connectivity index is 1.60. The summed E-state index contributed by atoms with van der Waals surface area (Å²) in [5.74, 6) is 0.0574. The number of aromatic nitrogens is 2. The van der Waals surface area contributed by atoms with Crippen molar-refractivity contribution in [2.45, 2.75) is 6.54 Å². The van der Waals surface area contributed by atoms with Gasteiger partial charge in [0.15, 0.2) is 0 Å². The van der Waals surface area contributed by atoms with E-state index in [9.17, 15) is 4.79 Å². The van der Waals surface area contributed by atoms with Gasteiger partial charge in [0.25, 0.3) is 5.91 Å². The molecule has 3 rings (SSSR count). The molecular formula is C16H19N5O. The fourth-order valence-electron chi connectivity index (χ4n) is 2.59. The number of nitrogens with zero attached hydrogens (tertiary/aromatic N) is 4. The van der Waals surface area contributed by atoms with Crippen LogP contribution in [0.4, 0.5) is 5.95 Å². The van der Waals surface area contributed by atoms with Gasteiger partial charge in [-0.25, -0.2) is 9.97 Å². The highest BCUT2D eigenvalue weighted by Crippen LogP contribution is 2.13. The third-order valence-electron chi connectivity index (χ3n) is 3.80. The van der Waals surface area contributed by atoms with Crippen LogP contribution in [-0.2, 0) is 6.54 Å². The highest BCUT2D eigenvalue weighted by Gasteiger charge is 2.19. The van der Waals surface area contributed by atoms with Gasteiger partial charge in [-0.2, -0.15) is 0 Å². The lowest BCUT2D eigenvalue weighted by atomic mass is 10.2. The number of nitrogens with two attached hydrogens (primary N) is 1. The van der Waals surface area contributed by atoms with Crippen molar-refractivity contribution in [2.24, 2.45) is 5.73 Å². The van der Waals surface area contributed by atoms with Gasteiger partial charge in [0.2, 0.25) is 5.95 Å². The second kappa shape index (κ2) is 6.53. The molecule has 0 radical (unpaired) electrons. The monoisotopic (exact) mass is 297 g/mol. The van der Waals surface area contributed by atoms with Crippen LogP contribution < -0.4 is 10.6 Å². The molecule has 2 aromatic rings. The molecular weight excluding hydrogens is 278 g/mol. The minimum absolute atomic E-state index is 0.261. The Labute approximate surface area is 129 Å². The van der Waals surface area contributed by atoms with Gasteiger partial charge in [-0.3, -0.25) is 9.69 Å². The third-order valence-corrected chi connectivity index (χ3v) is 3.80. The van der Waals surface area contributed by atoms with E-state index in [2.05, 4.69) is 44.0 Å². The van der Waals surface area contributed by atoms with Crippen LogP contribution >= 0.6 is 0 Å².